The number of nitrogens with one attached hydrogen (secondary N) is 1. The quantitative estimate of drug-likeness (QED) is 0.291. The van der Waals surface area contributed by atoms with E-state index in [4.69, 9.17) is 5.14 Å². The maximum absolute atomic E-state index is 10.7. The number of carbonyl (C=O) groups excluding carboxylic acids is 1. The molecule has 0 unspecified atom stereocenters. The van der Waals surface area contributed by atoms with E-state index in [2.05, 4.69) is 11.6 Å². The van der Waals surface area contributed by atoms with Crippen LogP contribution in [0.25, 0.3) is 0 Å². The van der Waals surface area contributed by atoms with E-state index in [0.717, 1.165) is 5.56 Å². The molecule has 7 nitrogen and oxygen atoms in total. The maximum atomic E-state index is 10.7. The molecule has 0 atom stereocenters. The lowest BCUT2D eigenvalue weighted by molar-refractivity contribution is 0.249. The van der Waals surface area contributed by atoms with Crippen molar-refractivity contribution >= 4 is 16.1 Å². The topological polar surface area (TPSA) is 141 Å². The molecule has 0 aliphatic rings. The second kappa shape index (κ2) is 6.05. The Morgan fingerprint density at radius 3 is 1.88 bits per heavy atom. The smallest absolute Gasteiger partial charge is 0.326 e. The molecule has 1 aromatic carbocycles. The van der Waals surface area contributed by atoms with Gasteiger partial charge in [-0.05, 0) is 19.1 Å². The van der Waals surface area contributed by atoms with Gasteiger partial charge in [0.05, 0.1) is 4.90 Å². The van der Waals surface area contributed by atoms with Crippen LogP contribution in [0.3, 0.4) is 0 Å². The predicted molar refractivity (Wildman–Crippen MR) is 59.5 cm³/mol. The fourth-order valence-electron chi connectivity index (χ4n) is 0.728. The van der Waals surface area contributed by atoms with E-state index >= 15 is 0 Å². The summed E-state index contributed by atoms with van der Waals surface area (Å²) in [7, 11) is -3.52. The van der Waals surface area contributed by atoms with Crippen molar-refractivity contribution in [3.05, 3.63) is 29.8 Å². The zero-order valence-electron chi connectivity index (χ0n) is 8.67. The summed E-state index contributed by atoms with van der Waals surface area (Å²) in [5.41, 5.74) is 7.09. The summed E-state index contributed by atoms with van der Waals surface area (Å²) in [5, 5.41) is 4.88. The van der Waals surface area contributed by atoms with Crippen LogP contribution in [0.15, 0.2) is 29.2 Å². The van der Waals surface area contributed by atoms with Gasteiger partial charge in [0.15, 0.2) is 0 Å². The minimum atomic E-state index is -3.52. The lowest BCUT2D eigenvalue weighted by Gasteiger charge is -1.96. The second-order valence-electron chi connectivity index (χ2n) is 2.87. The minimum absolute atomic E-state index is 0.156. The van der Waals surface area contributed by atoms with Crippen molar-refractivity contribution < 1.29 is 13.2 Å². The number of hydrazine groups is 1. The van der Waals surface area contributed by atoms with Gasteiger partial charge >= 0.3 is 6.03 Å². The number of urea groups is 1. The molecule has 1 aromatic rings. The molecule has 16 heavy (non-hydrogen) atoms. The van der Waals surface area contributed by atoms with Crippen molar-refractivity contribution in [2.24, 2.45) is 16.7 Å². The van der Waals surface area contributed by atoms with Gasteiger partial charge in [0.2, 0.25) is 10.0 Å². The number of rotatable bonds is 1. The number of hydrogen-bond acceptors (Lipinski definition) is 4. The second-order valence-corrected chi connectivity index (χ2v) is 4.43. The third-order valence-corrected chi connectivity index (χ3v) is 2.42. The van der Waals surface area contributed by atoms with Gasteiger partial charge < -0.3 is 5.73 Å². The molecule has 0 aliphatic carbocycles. The molecule has 90 valence electrons. The largest absolute Gasteiger partial charge is 0.351 e. The first-order valence-electron chi connectivity index (χ1n) is 4.13. The van der Waals surface area contributed by atoms with Gasteiger partial charge in [-0.1, -0.05) is 17.7 Å². The van der Waals surface area contributed by atoms with E-state index < -0.39 is 16.1 Å². The summed E-state index contributed by atoms with van der Waals surface area (Å²) in [6.07, 6.45) is 0. The molecule has 0 saturated heterocycles. The van der Waals surface area contributed by atoms with E-state index in [0.29, 0.717) is 0 Å². The van der Waals surface area contributed by atoms with Crippen molar-refractivity contribution in [2.45, 2.75) is 11.8 Å². The van der Waals surface area contributed by atoms with E-state index in [9.17, 15) is 13.2 Å². The van der Waals surface area contributed by atoms with Crippen LogP contribution in [-0.2, 0) is 10.0 Å². The van der Waals surface area contributed by atoms with E-state index in [1.807, 2.05) is 6.92 Å². The molecule has 0 radical (unpaired) electrons. The van der Waals surface area contributed by atoms with E-state index in [1.54, 1.807) is 17.6 Å². The molecule has 0 saturated carbocycles. The number of aryl methyl sites for hydroxylation is 1. The SMILES string of the molecule is Cc1ccc(S(N)(=O)=O)cc1.NNC(N)=O. The summed E-state index contributed by atoms with van der Waals surface area (Å²) in [4.78, 5) is 9.51. The molecule has 0 aliphatic heterocycles. The third kappa shape index (κ3) is 5.96. The van der Waals surface area contributed by atoms with Gasteiger partial charge in [0, 0.05) is 0 Å². The van der Waals surface area contributed by atoms with Crippen LogP contribution in [0.1, 0.15) is 5.56 Å². The Bertz CT molecular complexity index is 441. The van der Waals surface area contributed by atoms with Crippen LogP contribution in [0.4, 0.5) is 4.79 Å². The Morgan fingerprint density at radius 1 is 1.25 bits per heavy atom. The Hall–Kier alpha value is -1.64. The molecule has 1 rings (SSSR count). The monoisotopic (exact) mass is 246 g/mol. The zero-order chi connectivity index (χ0) is 12.8. The normalized spacial score (nSPS) is 9.94. The summed E-state index contributed by atoms with van der Waals surface area (Å²) < 4.78 is 21.4. The van der Waals surface area contributed by atoms with Gasteiger partial charge in [0.25, 0.3) is 0 Å². The number of amides is 2. The van der Waals surface area contributed by atoms with Gasteiger partial charge in [-0.3, -0.25) is 5.43 Å². The third-order valence-electron chi connectivity index (χ3n) is 1.49. The van der Waals surface area contributed by atoms with Crippen LogP contribution in [0.5, 0.6) is 0 Å². The van der Waals surface area contributed by atoms with Crippen LogP contribution >= 0.6 is 0 Å². The standard InChI is InChI=1S/C7H9NO2S.CH5N3O/c1-6-2-4-7(5-3-6)11(8,9)10;2-1(5)4-3/h2-5H,1H3,(H2,8,9,10);3H2,(H3,2,4,5). The van der Waals surface area contributed by atoms with Gasteiger partial charge in [-0.25, -0.2) is 24.2 Å². The highest BCUT2D eigenvalue weighted by Crippen LogP contribution is 2.06. The number of primary sulfonamides is 1. The molecule has 0 bridgehead atoms. The van der Waals surface area contributed by atoms with Gasteiger partial charge in [-0.2, -0.15) is 0 Å². The molecule has 0 aromatic heterocycles. The summed E-state index contributed by atoms with van der Waals surface area (Å²) in [5.74, 6) is 4.45. The lowest BCUT2D eigenvalue weighted by atomic mass is 10.2. The Labute approximate surface area is 93.6 Å². The van der Waals surface area contributed by atoms with E-state index in [-0.39, 0.29) is 4.90 Å². The van der Waals surface area contributed by atoms with Crippen molar-refractivity contribution in [1.82, 2.24) is 5.43 Å². The maximum Gasteiger partial charge on any atom is 0.326 e. The highest BCUT2D eigenvalue weighted by atomic mass is 32.2. The van der Waals surface area contributed by atoms with Crippen molar-refractivity contribution in [1.29, 1.82) is 0 Å². The first-order valence-corrected chi connectivity index (χ1v) is 5.67. The van der Waals surface area contributed by atoms with Crippen molar-refractivity contribution in [3.63, 3.8) is 0 Å². The van der Waals surface area contributed by atoms with Crippen LogP contribution in [-0.4, -0.2) is 14.4 Å². The molecular weight excluding hydrogens is 232 g/mol. The van der Waals surface area contributed by atoms with Crippen LogP contribution in [0.2, 0.25) is 0 Å². The molecular formula is C8H14N4O3S. The van der Waals surface area contributed by atoms with Gasteiger partial charge in [0.1, 0.15) is 0 Å². The molecule has 0 heterocycles. The number of carbonyl (C=O) groups is 1. The molecule has 8 heteroatoms. The first kappa shape index (κ1) is 14.4. The molecule has 2 amide bonds. The summed E-state index contributed by atoms with van der Waals surface area (Å²) in [6, 6.07) is 5.68. The summed E-state index contributed by atoms with van der Waals surface area (Å²) >= 11 is 0. The number of nitrogens with two attached hydrogens (primary N) is 3. The Balaban J connectivity index is 0.000000385. The fraction of sp³-hybridized carbons (Fsp3) is 0.125. The molecule has 0 spiro atoms. The first-order chi connectivity index (χ1) is 7.27. The summed E-state index contributed by atoms with van der Waals surface area (Å²) in [6.45, 7) is 1.88. The Morgan fingerprint density at radius 2 is 1.62 bits per heavy atom. The molecule has 7 N–H and O–H groups in total. The van der Waals surface area contributed by atoms with Crippen molar-refractivity contribution in [3.8, 4) is 0 Å². The average molecular weight is 246 g/mol. The zero-order valence-corrected chi connectivity index (χ0v) is 9.49. The lowest BCUT2D eigenvalue weighted by Crippen LogP contribution is -2.34. The van der Waals surface area contributed by atoms with Crippen LogP contribution in [0, 0.1) is 6.92 Å². The number of sulfonamides is 1. The number of hydrogen-bond donors (Lipinski definition) is 4. The average Bonchev–Trinajstić information content (AvgIpc) is 2.18. The fourth-order valence-corrected chi connectivity index (χ4v) is 1.24. The minimum Gasteiger partial charge on any atom is -0.351 e. The number of benzene rings is 1. The van der Waals surface area contributed by atoms with E-state index in [1.165, 1.54) is 12.1 Å². The van der Waals surface area contributed by atoms with Gasteiger partial charge in [-0.15, -0.1) is 0 Å². The highest BCUT2D eigenvalue weighted by molar-refractivity contribution is 7.89. The molecule has 0 fully saturated rings. The van der Waals surface area contributed by atoms with Crippen molar-refractivity contribution in [2.75, 3.05) is 0 Å². The van der Waals surface area contributed by atoms with Crippen LogP contribution < -0.4 is 22.1 Å². The Kier molecular flexibility index (Phi) is 5.43. The predicted octanol–water partition coefficient (Wildman–Crippen LogP) is -0.829. The highest BCUT2D eigenvalue weighted by Gasteiger charge is 2.04. The number of primary amides is 1.